The van der Waals surface area contributed by atoms with E-state index >= 15 is 0 Å². The summed E-state index contributed by atoms with van der Waals surface area (Å²) < 4.78 is 11.7. The molecule has 4 heterocycles. The first-order valence-corrected chi connectivity index (χ1v) is 12.2. The predicted octanol–water partition coefficient (Wildman–Crippen LogP) is 3.72. The Balaban J connectivity index is 1.41. The lowest BCUT2D eigenvalue weighted by atomic mass is 9.88. The zero-order valence-electron chi connectivity index (χ0n) is 17.6. The van der Waals surface area contributed by atoms with E-state index in [4.69, 9.17) is 9.47 Å². The molecule has 2 aliphatic heterocycles. The molecule has 30 heavy (non-hydrogen) atoms. The summed E-state index contributed by atoms with van der Waals surface area (Å²) in [6, 6.07) is 4.05. The molecule has 1 atom stereocenters. The van der Waals surface area contributed by atoms with Crippen molar-refractivity contribution in [1.29, 1.82) is 0 Å². The second-order valence-corrected chi connectivity index (χ2v) is 9.73. The molecule has 1 saturated carbocycles. The molecule has 0 unspecified atom stereocenters. The number of rotatable bonds is 4. The number of thiophene rings is 1. The second-order valence-electron chi connectivity index (χ2n) is 8.73. The summed E-state index contributed by atoms with van der Waals surface area (Å²) >= 11 is 1.51. The minimum Gasteiger partial charge on any atom is -0.378 e. The van der Waals surface area contributed by atoms with Gasteiger partial charge in [-0.15, -0.1) is 11.3 Å². The van der Waals surface area contributed by atoms with Crippen molar-refractivity contribution in [3.63, 3.8) is 0 Å². The van der Waals surface area contributed by atoms with Crippen molar-refractivity contribution >= 4 is 27.5 Å². The summed E-state index contributed by atoms with van der Waals surface area (Å²) in [6.07, 6.45) is 8.59. The van der Waals surface area contributed by atoms with Gasteiger partial charge in [0.15, 0.2) is 0 Å². The van der Waals surface area contributed by atoms with Gasteiger partial charge in [0.05, 0.1) is 25.9 Å². The maximum atomic E-state index is 13.4. The standard InChI is InChI=1S/C23H31N3O3S/c27-23(26-10-12-28-13-11-26)21-20(18-7-4-8-24-22(18)30-21)19-16-25(9-14-29-19)15-17-5-2-1-3-6-17/h4,7-8,17,19H,1-3,5-6,9-16H2/t19-/m0/s1. The molecule has 7 heteroatoms. The average molecular weight is 430 g/mol. The Morgan fingerprint density at radius 2 is 1.97 bits per heavy atom. The van der Waals surface area contributed by atoms with Crippen LogP contribution in [0, 0.1) is 5.92 Å². The number of nitrogens with zero attached hydrogens (tertiary/aromatic N) is 3. The molecule has 3 aliphatic rings. The molecule has 0 radical (unpaired) electrons. The first-order valence-electron chi connectivity index (χ1n) is 11.4. The van der Waals surface area contributed by atoms with Gasteiger partial charge < -0.3 is 14.4 Å². The molecular weight excluding hydrogens is 398 g/mol. The van der Waals surface area contributed by atoms with Gasteiger partial charge in [-0.1, -0.05) is 25.3 Å². The normalized spacial score (nSPS) is 24.4. The maximum absolute atomic E-state index is 13.4. The largest absolute Gasteiger partial charge is 0.378 e. The molecule has 0 N–H and O–H groups in total. The van der Waals surface area contributed by atoms with Crippen molar-refractivity contribution in [1.82, 2.24) is 14.8 Å². The zero-order valence-corrected chi connectivity index (χ0v) is 18.4. The van der Waals surface area contributed by atoms with Crippen LogP contribution in [-0.4, -0.2) is 73.2 Å². The van der Waals surface area contributed by atoms with Crippen molar-refractivity contribution in [2.75, 3.05) is 52.5 Å². The van der Waals surface area contributed by atoms with Gasteiger partial charge in [-0.2, -0.15) is 0 Å². The predicted molar refractivity (Wildman–Crippen MR) is 118 cm³/mol. The van der Waals surface area contributed by atoms with Crippen molar-refractivity contribution in [2.45, 2.75) is 38.2 Å². The quantitative estimate of drug-likeness (QED) is 0.741. The first kappa shape index (κ1) is 20.4. The van der Waals surface area contributed by atoms with Gasteiger partial charge in [-0.05, 0) is 24.8 Å². The monoisotopic (exact) mass is 429 g/mol. The third-order valence-electron chi connectivity index (χ3n) is 6.71. The number of morpholine rings is 2. The summed E-state index contributed by atoms with van der Waals surface area (Å²) in [5.41, 5.74) is 1.05. The van der Waals surface area contributed by atoms with Crippen molar-refractivity contribution in [3.8, 4) is 0 Å². The van der Waals surface area contributed by atoms with E-state index in [-0.39, 0.29) is 12.0 Å². The molecule has 1 aliphatic carbocycles. The van der Waals surface area contributed by atoms with Crippen LogP contribution in [0.4, 0.5) is 0 Å². The van der Waals surface area contributed by atoms with Crippen LogP contribution in [0.5, 0.6) is 0 Å². The lowest BCUT2D eigenvalue weighted by molar-refractivity contribution is -0.0355. The van der Waals surface area contributed by atoms with Crippen LogP contribution in [-0.2, 0) is 9.47 Å². The van der Waals surface area contributed by atoms with Gasteiger partial charge in [-0.25, -0.2) is 4.98 Å². The van der Waals surface area contributed by atoms with E-state index < -0.39 is 0 Å². The van der Waals surface area contributed by atoms with Crippen molar-refractivity contribution in [2.24, 2.45) is 5.92 Å². The SMILES string of the molecule is O=C(c1sc2ncccc2c1[C@@H]1CN(CC2CCCCC2)CCO1)N1CCOCC1. The van der Waals surface area contributed by atoms with Crippen LogP contribution in [0.15, 0.2) is 18.3 Å². The smallest absolute Gasteiger partial charge is 0.264 e. The maximum Gasteiger partial charge on any atom is 0.264 e. The fourth-order valence-corrected chi connectivity index (χ4v) is 6.28. The van der Waals surface area contributed by atoms with Gasteiger partial charge in [0.1, 0.15) is 9.71 Å². The molecule has 2 aromatic heterocycles. The Labute approximate surface area is 182 Å². The van der Waals surface area contributed by atoms with Gasteiger partial charge >= 0.3 is 0 Å². The number of aromatic nitrogens is 1. The van der Waals surface area contributed by atoms with E-state index in [0.29, 0.717) is 26.3 Å². The Morgan fingerprint density at radius 1 is 1.13 bits per heavy atom. The number of carbonyl (C=O) groups excluding carboxylic acids is 1. The van der Waals surface area contributed by atoms with Crippen LogP contribution in [0.2, 0.25) is 0 Å². The van der Waals surface area contributed by atoms with Gasteiger partial charge in [-0.3, -0.25) is 9.69 Å². The molecule has 0 bridgehead atoms. The van der Waals surface area contributed by atoms with Crippen LogP contribution in [0.3, 0.4) is 0 Å². The Bertz CT molecular complexity index is 874. The Kier molecular flexibility index (Phi) is 6.32. The van der Waals surface area contributed by atoms with E-state index in [2.05, 4.69) is 16.0 Å². The Hall–Kier alpha value is -1.54. The number of hydrogen-bond donors (Lipinski definition) is 0. The van der Waals surface area contributed by atoms with Crippen molar-refractivity contribution in [3.05, 3.63) is 28.8 Å². The molecular formula is C23H31N3O3S. The van der Waals surface area contributed by atoms with Crippen LogP contribution < -0.4 is 0 Å². The van der Waals surface area contributed by atoms with Crippen LogP contribution >= 0.6 is 11.3 Å². The number of carbonyl (C=O) groups is 1. The van der Waals surface area contributed by atoms with E-state index in [1.807, 2.05) is 17.2 Å². The van der Waals surface area contributed by atoms with Crippen LogP contribution in [0.25, 0.3) is 10.2 Å². The highest BCUT2D eigenvalue weighted by molar-refractivity contribution is 7.20. The lowest BCUT2D eigenvalue weighted by Crippen LogP contribution is -2.43. The molecule has 2 saturated heterocycles. The van der Waals surface area contributed by atoms with Gasteiger partial charge in [0.25, 0.3) is 5.91 Å². The minimum atomic E-state index is -0.0692. The third kappa shape index (κ3) is 4.26. The average Bonchev–Trinajstić information content (AvgIpc) is 3.20. The zero-order chi connectivity index (χ0) is 20.3. The highest BCUT2D eigenvalue weighted by Gasteiger charge is 2.33. The Morgan fingerprint density at radius 3 is 2.80 bits per heavy atom. The van der Waals surface area contributed by atoms with E-state index in [0.717, 1.165) is 52.8 Å². The highest BCUT2D eigenvalue weighted by Crippen LogP contribution is 2.38. The van der Waals surface area contributed by atoms with E-state index in [9.17, 15) is 4.79 Å². The summed E-state index contributed by atoms with van der Waals surface area (Å²) in [5, 5.41) is 1.07. The van der Waals surface area contributed by atoms with E-state index in [1.54, 1.807) is 0 Å². The number of pyridine rings is 1. The second kappa shape index (κ2) is 9.30. The summed E-state index contributed by atoms with van der Waals surface area (Å²) in [5.74, 6) is 0.914. The molecule has 0 spiro atoms. The number of ether oxygens (including phenoxy) is 2. The molecule has 0 aromatic carbocycles. The molecule has 162 valence electrons. The number of fused-ring (bicyclic) bond motifs is 1. The first-order chi connectivity index (χ1) is 14.8. The third-order valence-corrected chi connectivity index (χ3v) is 7.83. The molecule has 6 nitrogen and oxygen atoms in total. The highest BCUT2D eigenvalue weighted by atomic mass is 32.1. The molecule has 1 amide bonds. The lowest BCUT2D eigenvalue weighted by Gasteiger charge is -2.36. The molecule has 5 rings (SSSR count). The van der Waals surface area contributed by atoms with Crippen LogP contribution in [0.1, 0.15) is 53.4 Å². The molecule has 3 fully saturated rings. The topological polar surface area (TPSA) is 54.9 Å². The number of amides is 1. The van der Waals surface area contributed by atoms with Gasteiger partial charge in [0.2, 0.25) is 0 Å². The summed E-state index contributed by atoms with van der Waals surface area (Å²) in [4.78, 5) is 24.2. The fraction of sp³-hybridized carbons (Fsp3) is 0.652. The summed E-state index contributed by atoms with van der Waals surface area (Å²) in [6.45, 7) is 6.25. The van der Waals surface area contributed by atoms with E-state index in [1.165, 1.54) is 43.4 Å². The van der Waals surface area contributed by atoms with Crippen molar-refractivity contribution < 1.29 is 14.3 Å². The number of hydrogen-bond acceptors (Lipinski definition) is 6. The molecule has 2 aromatic rings. The fourth-order valence-electron chi connectivity index (χ4n) is 5.12. The summed E-state index contributed by atoms with van der Waals surface area (Å²) in [7, 11) is 0. The minimum absolute atomic E-state index is 0.0692. The van der Waals surface area contributed by atoms with Gasteiger partial charge in [0, 0.05) is 49.9 Å².